The maximum Gasteiger partial charge on any atom is 0.170 e. The van der Waals surface area contributed by atoms with Crippen LogP contribution >= 0.6 is 0 Å². The number of rotatable bonds is 5. The van der Waals surface area contributed by atoms with E-state index in [1.54, 1.807) is 0 Å². The molecule has 0 aliphatic carbocycles. The molecule has 2 nitrogen and oxygen atoms in total. The van der Waals surface area contributed by atoms with Crippen LogP contribution in [0.2, 0.25) is 32.2 Å². The second-order valence-electron chi connectivity index (χ2n) is 5.51. The van der Waals surface area contributed by atoms with Gasteiger partial charge in [-0.3, -0.25) is 0 Å². The standard InChI is InChI=1S/C11H26O2Si2/c1-14(2)13-9-10-15(3,4)11-7-5-6-8-12-11/h11,14H,5-10H2,1-4H3. The summed E-state index contributed by atoms with van der Waals surface area (Å²) in [5.74, 6) is 0. The van der Waals surface area contributed by atoms with Gasteiger partial charge in [-0.15, -0.1) is 0 Å². The molecular formula is C11H26O2Si2. The van der Waals surface area contributed by atoms with Crippen molar-refractivity contribution in [3.63, 3.8) is 0 Å². The molecule has 0 spiro atoms. The third kappa shape index (κ3) is 4.80. The fraction of sp³-hybridized carbons (Fsp3) is 1.00. The van der Waals surface area contributed by atoms with Gasteiger partial charge >= 0.3 is 0 Å². The lowest BCUT2D eigenvalue weighted by Crippen LogP contribution is -2.46. The second kappa shape index (κ2) is 6.18. The number of hydrogen-bond acceptors (Lipinski definition) is 2. The van der Waals surface area contributed by atoms with Crippen LogP contribution in [0.5, 0.6) is 0 Å². The molecule has 1 saturated heterocycles. The van der Waals surface area contributed by atoms with Crippen LogP contribution in [0.25, 0.3) is 0 Å². The molecule has 4 heteroatoms. The third-order valence-electron chi connectivity index (χ3n) is 3.25. The largest absolute Gasteiger partial charge is 0.421 e. The molecule has 1 rings (SSSR count). The Labute approximate surface area is 97.1 Å². The van der Waals surface area contributed by atoms with Gasteiger partial charge in [0.25, 0.3) is 0 Å². The van der Waals surface area contributed by atoms with E-state index in [9.17, 15) is 0 Å². The van der Waals surface area contributed by atoms with Crippen LogP contribution in [-0.4, -0.2) is 36.1 Å². The van der Waals surface area contributed by atoms with E-state index in [0.717, 1.165) is 13.2 Å². The summed E-state index contributed by atoms with van der Waals surface area (Å²) in [7, 11) is -2.02. The van der Waals surface area contributed by atoms with Crippen molar-refractivity contribution in [2.45, 2.75) is 57.2 Å². The molecule has 0 N–H and O–H groups in total. The predicted octanol–water partition coefficient (Wildman–Crippen LogP) is 2.80. The predicted molar refractivity (Wildman–Crippen MR) is 70.7 cm³/mol. The Kier molecular flexibility index (Phi) is 5.53. The summed E-state index contributed by atoms with van der Waals surface area (Å²) in [6, 6.07) is 1.27. The molecule has 0 radical (unpaired) electrons. The molecular weight excluding hydrogens is 220 g/mol. The zero-order valence-electron chi connectivity index (χ0n) is 10.7. The topological polar surface area (TPSA) is 18.5 Å². The first kappa shape index (κ1) is 13.4. The molecule has 0 bridgehead atoms. The van der Waals surface area contributed by atoms with Crippen molar-refractivity contribution < 1.29 is 9.16 Å². The van der Waals surface area contributed by atoms with Gasteiger partial charge in [-0.1, -0.05) is 13.1 Å². The Balaban J connectivity index is 2.29. The van der Waals surface area contributed by atoms with Gasteiger partial charge in [-0.25, -0.2) is 0 Å². The van der Waals surface area contributed by atoms with E-state index in [-0.39, 0.29) is 0 Å². The van der Waals surface area contributed by atoms with Crippen molar-refractivity contribution in [3.05, 3.63) is 0 Å². The van der Waals surface area contributed by atoms with Gasteiger partial charge < -0.3 is 9.16 Å². The van der Waals surface area contributed by atoms with E-state index >= 15 is 0 Å². The smallest absolute Gasteiger partial charge is 0.170 e. The Hall–Kier alpha value is 0.354. The van der Waals surface area contributed by atoms with Crippen LogP contribution in [0.3, 0.4) is 0 Å². The molecule has 90 valence electrons. The first-order valence-electron chi connectivity index (χ1n) is 6.25. The lowest BCUT2D eigenvalue weighted by Gasteiger charge is -2.35. The summed E-state index contributed by atoms with van der Waals surface area (Å²) >= 11 is 0. The Morgan fingerprint density at radius 3 is 2.60 bits per heavy atom. The molecule has 1 aliphatic heterocycles. The number of ether oxygens (including phenoxy) is 1. The van der Waals surface area contributed by atoms with Gasteiger partial charge in [-0.05, 0) is 38.4 Å². The average molecular weight is 246 g/mol. The monoisotopic (exact) mass is 246 g/mol. The molecule has 0 aromatic carbocycles. The van der Waals surface area contributed by atoms with E-state index in [0.29, 0.717) is 5.73 Å². The average Bonchev–Trinajstić information content (AvgIpc) is 2.18. The van der Waals surface area contributed by atoms with Crippen LogP contribution in [0.15, 0.2) is 0 Å². The summed E-state index contributed by atoms with van der Waals surface area (Å²) in [5, 5.41) is 0. The van der Waals surface area contributed by atoms with E-state index in [4.69, 9.17) is 9.16 Å². The summed E-state index contributed by atoms with van der Waals surface area (Å²) in [6.07, 6.45) is 3.91. The van der Waals surface area contributed by atoms with Crippen molar-refractivity contribution >= 4 is 17.1 Å². The molecule has 1 fully saturated rings. The van der Waals surface area contributed by atoms with Crippen LogP contribution in [0.4, 0.5) is 0 Å². The minimum Gasteiger partial charge on any atom is -0.421 e. The lowest BCUT2D eigenvalue weighted by atomic mass is 10.2. The van der Waals surface area contributed by atoms with Gasteiger partial charge in [-0.2, -0.15) is 0 Å². The SMILES string of the molecule is C[SiH](C)OCC[Si](C)(C)C1CCCCO1. The van der Waals surface area contributed by atoms with Crippen molar-refractivity contribution in [3.8, 4) is 0 Å². The van der Waals surface area contributed by atoms with E-state index in [2.05, 4.69) is 26.2 Å². The van der Waals surface area contributed by atoms with E-state index < -0.39 is 17.1 Å². The fourth-order valence-electron chi connectivity index (χ4n) is 2.08. The maximum atomic E-state index is 5.92. The highest BCUT2D eigenvalue weighted by molar-refractivity contribution is 6.78. The molecule has 0 saturated carbocycles. The van der Waals surface area contributed by atoms with Crippen molar-refractivity contribution in [2.75, 3.05) is 13.2 Å². The Morgan fingerprint density at radius 1 is 1.33 bits per heavy atom. The minimum atomic E-state index is -1.19. The zero-order chi connectivity index (χ0) is 11.3. The van der Waals surface area contributed by atoms with Crippen molar-refractivity contribution in [2.24, 2.45) is 0 Å². The molecule has 1 atom stereocenters. The molecule has 1 heterocycles. The van der Waals surface area contributed by atoms with Gasteiger partial charge in [0, 0.05) is 18.9 Å². The van der Waals surface area contributed by atoms with Gasteiger partial charge in [0.2, 0.25) is 0 Å². The summed E-state index contributed by atoms with van der Waals surface area (Å²) in [4.78, 5) is 0. The molecule has 15 heavy (non-hydrogen) atoms. The third-order valence-corrected chi connectivity index (χ3v) is 7.84. The highest BCUT2D eigenvalue weighted by Crippen LogP contribution is 2.25. The highest BCUT2D eigenvalue weighted by atomic mass is 28.3. The quantitative estimate of drug-likeness (QED) is 0.695. The summed E-state index contributed by atoms with van der Waals surface area (Å²) in [5.41, 5.74) is 0.587. The van der Waals surface area contributed by atoms with Crippen LogP contribution in [0, 0.1) is 0 Å². The second-order valence-corrected chi connectivity index (χ2v) is 13.1. The molecule has 1 unspecified atom stereocenters. The first-order chi connectivity index (χ1) is 7.02. The summed E-state index contributed by atoms with van der Waals surface area (Å²) < 4.78 is 11.7. The Morgan fingerprint density at radius 2 is 2.07 bits per heavy atom. The van der Waals surface area contributed by atoms with Crippen LogP contribution < -0.4 is 0 Å². The number of hydrogen-bond donors (Lipinski definition) is 0. The van der Waals surface area contributed by atoms with Gasteiger partial charge in [0.1, 0.15) is 0 Å². The van der Waals surface area contributed by atoms with Crippen LogP contribution in [-0.2, 0) is 9.16 Å². The molecule has 0 aromatic rings. The van der Waals surface area contributed by atoms with E-state index in [1.807, 2.05) is 0 Å². The van der Waals surface area contributed by atoms with Gasteiger partial charge in [0.15, 0.2) is 9.04 Å². The first-order valence-corrected chi connectivity index (χ1v) is 12.3. The fourth-order valence-corrected chi connectivity index (χ4v) is 5.42. The molecule has 1 aliphatic rings. The van der Waals surface area contributed by atoms with Crippen LogP contribution in [0.1, 0.15) is 19.3 Å². The molecule has 0 amide bonds. The highest BCUT2D eigenvalue weighted by Gasteiger charge is 2.33. The Bertz CT molecular complexity index is 177. The molecule has 0 aromatic heterocycles. The minimum absolute atomic E-state index is 0.587. The zero-order valence-corrected chi connectivity index (χ0v) is 12.9. The van der Waals surface area contributed by atoms with E-state index in [1.165, 1.54) is 25.3 Å². The van der Waals surface area contributed by atoms with Crippen molar-refractivity contribution in [1.82, 2.24) is 0 Å². The van der Waals surface area contributed by atoms with Gasteiger partial charge in [0.05, 0.1) is 8.07 Å². The normalized spacial score (nSPS) is 23.4. The summed E-state index contributed by atoms with van der Waals surface area (Å²) in [6.45, 7) is 11.4. The lowest BCUT2D eigenvalue weighted by molar-refractivity contribution is 0.0594. The van der Waals surface area contributed by atoms with Crippen molar-refractivity contribution in [1.29, 1.82) is 0 Å². The maximum absolute atomic E-state index is 5.92.